The summed E-state index contributed by atoms with van der Waals surface area (Å²) in [5, 5.41) is 14.2. The molecule has 0 saturated heterocycles. The van der Waals surface area contributed by atoms with Crippen molar-refractivity contribution in [3.8, 4) is 0 Å². The third-order valence-corrected chi connectivity index (χ3v) is 3.01. The van der Waals surface area contributed by atoms with Gasteiger partial charge in [-0.25, -0.2) is 0 Å². The van der Waals surface area contributed by atoms with E-state index in [1.165, 1.54) is 6.92 Å². The fourth-order valence-electron chi connectivity index (χ4n) is 1.71. The van der Waals surface area contributed by atoms with Crippen molar-refractivity contribution in [1.29, 1.82) is 0 Å². The molecule has 0 radical (unpaired) electrons. The zero-order valence-electron chi connectivity index (χ0n) is 12.3. The Bertz CT molecular complexity index is 334. The van der Waals surface area contributed by atoms with Gasteiger partial charge in [0.25, 0.3) is 0 Å². The van der Waals surface area contributed by atoms with Gasteiger partial charge in [0.15, 0.2) is 0 Å². The highest BCUT2D eigenvalue weighted by Crippen LogP contribution is 2.05. The Morgan fingerprint density at radius 3 is 2.30 bits per heavy atom. The van der Waals surface area contributed by atoms with E-state index in [0.29, 0.717) is 19.5 Å². The van der Waals surface area contributed by atoms with Crippen molar-refractivity contribution in [3.05, 3.63) is 0 Å². The number of rotatable bonds is 10. The molecule has 0 aromatic carbocycles. The van der Waals surface area contributed by atoms with Crippen LogP contribution in [-0.4, -0.2) is 48.4 Å². The van der Waals surface area contributed by atoms with E-state index in [-0.39, 0.29) is 17.7 Å². The minimum absolute atomic E-state index is 0.0267. The molecule has 0 spiro atoms. The number of carbonyl (C=O) groups excluding carboxylic acids is 2. The smallest absolute Gasteiger partial charge is 0.325 e. The Labute approximate surface area is 119 Å². The van der Waals surface area contributed by atoms with Gasteiger partial charge < -0.3 is 26.3 Å². The molecular weight excluding hydrogens is 262 g/mol. The van der Waals surface area contributed by atoms with E-state index < -0.39 is 18.1 Å². The summed E-state index contributed by atoms with van der Waals surface area (Å²) in [6.45, 7) is 5.85. The SMILES string of the molecule is CC(C)[C@H](NCC(C=O)CCN)C(=O)N[C@@H](C)C(=O)O. The van der Waals surface area contributed by atoms with Gasteiger partial charge >= 0.3 is 5.97 Å². The maximum atomic E-state index is 12.0. The van der Waals surface area contributed by atoms with Crippen LogP contribution in [-0.2, 0) is 14.4 Å². The van der Waals surface area contributed by atoms with Crippen molar-refractivity contribution in [2.45, 2.75) is 39.3 Å². The first-order valence-corrected chi connectivity index (χ1v) is 6.75. The average molecular weight is 287 g/mol. The molecule has 0 saturated carbocycles. The quantitative estimate of drug-likeness (QED) is 0.396. The Morgan fingerprint density at radius 2 is 1.90 bits per heavy atom. The minimum Gasteiger partial charge on any atom is -0.480 e. The van der Waals surface area contributed by atoms with Gasteiger partial charge in [-0.15, -0.1) is 0 Å². The third-order valence-electron chi connectivity index (χ3n) is 3.01. The van der Waals surface area contributed by atoms with Crippen LogP contribution in [0.4, 0.5) is 0 Å². The van der Waals surface area contributed by atoms with Gasteiger partial charge in [0.05, 0.1) is 6.04 Å². The molecule has 7 nitrogen and oxygen atoms in total. The summed E-state index contributed by atoms with van der Waals surface area (Å²) >= 11 is 0. The van der Waals surface area contributed by atoms with E-state index >= 15 is 0 Å². The number of amides is 1. The van der Waals surface area contributed by atoms with E-state index in [1.54, 1.807) is 0 Å². The summed E-state index contributed by atoms with van der Waals surface area (Å²) in [6, 6.07) is -1.49. The Hall–Kier alpha value is -1.47. The van der Waals surface area contributed by atoms with Gasteiger partial charge in [-0.1, -0.05) is 13.8 Å². The summed E-state index contributed by atoms with van der Waals surface area (Å²) in [5.41, 5.74) is 5.40. The van der Waals surface area contributed by atoms with E-state index in [2.05, 4.69) is 10.6 Å². The normalized spacial score (nSPS) is 15.4. The van der Waals surface area contributed by atoms with E-state index in [4.69, 9.17) is 10.8 Å². The first kappa shape index (κ1) is 18.5. The van der Waals surface area contributed by atoms with Crippen molar-refractivity contribution < 1.29 is 19.5 Å². The Kier molecular flexibility index (Phi) is 8.74. The van der Waals surface area contributed by atoms with E-state index in [1.807, 2.05) is 13.8 Å². The molecule has 0 aliphatic rings. The number of nitrogens with one attached hydrogen (secondary N) is 2. The van der Waals surface area contributed by atoms with Crippen LogP contribution in [0.3, 0.4) is 0 Å². The van der Waals surface area contributed by atoms with E-state index in [9.17, 15) is 14.4 Å². The summed E-state index contributed by atoms with van der Waals surface area (Å²) in [7, 11) is 0. The second-order valence-electron chi connectivity index (χ2n) is 5.17. The lowest BCUT2D eigenvalue weighted by Crippen LogP contribution is -2.52. The van der Waals surface area contributed by atoms with Crippen LogP contribution >= 0.6 is 0 Å². The van der Waals surface area contributed by atoms with Crippen LogP contribution in [0.15, 0.2) is 0 Å². The molecule has 0 aromatic rings. The lowest BCUT2D eigenvalue weighted by molar-refractivity contribution is -0.141. The molecule has 1 amide bonds. The predicted molar refractivity (Wildman–Crippen MR) is 75.1 cm³/mol. The maximum absolute atomic E-state index is 12.0. The molecular formula is C13H25N3O4. The van der Waals surface area contributed by atoms with Gasteiger partial charge in [0.1, 0.15) is 12.3 Å². The number of nitrogens with two attached hydrogens (primary N) is 1. The molecule has 0 rings (SSSR count). The van der Waals surface area contributed by atoms with Crippen molar-refractivity contribution in [2.24, 2.45) is 17.6 Å². The van der Waals surface area contributed by atoms with Crippen molar-refractivity contribution in [1.82, 2.24) is 10.6 Å². The van der Waals surface area contributed by atoms with Gasteiger partial charge in [-0.3, -0.25) is 9.59 Å². The standard InChI is InChI=1S/C13H25N3O4/c1-8(2)11(12(18)16-9(3)13(19)20)15-6-10(7-17)4-5-14/h7-11,15H,4-6,14H2,1-3H3,(H,16,18)(H,19,20)/t9-,10?,11-/m0/s1. The zero-order chi connectivity index (χ0) is 15.7. The first-order valence-electron chi connectivity index (χ1n) is 6.75. The molecule has 116 valence electrons. The summed E-state index contributed by atoms with van der Waals surface area (Å²) in [5.74, 6) is -1.74. The monoisotopic (exact) mass is 287 g/mol. The number of aliphatic carboxylic acids is 1. The number of hydrogen-bond acceptors (Lipinski definition) is 5. The predicted octanol–water partition coefficient (Wildman–Crippen LogP) is -0.646. The molecule has 5 N–H and O–H groups in total. The van der Waals surface area contributed by atoms with Crippen LogP contribution in [0.5, 0.6) is 0 Å². The fourth-order valence-corrected chi connectivity index (χ4v) is 1.71. The van der Waals surface area contributed by atoms with Crippen LogP contribution in [0.25, 0.3) is 0 Å². The molecule has 1 unspecified atom stereocenters. The number of hydrogen-bond donors (Lipinski definition) is 4. The highest BCUT2D eigenvalue weighted by Gasteiger charge is 2.25. The number of aldehydes is 1. The number of carboxylic acid groups (broad SMARTS) is 1. The van der Waals surface area contributed by atoms with Gasteiger partial charge in [0.2, 0.25) is 5.91 Å². The third kappa shape index (κ3) is 6.63. The molecule has 0 aliphatic carbocycles. The lowest BCUT2D eigenvalue weighted by atomic mass is 10.0. The van der Waals surface area contributed by atoms with Crippen molar-refractivity contribution in [2.75, 3.05) is 13.1 Å². The highest BCUT2D eigenvalue weighted by atomic mass is 16.4. The molecule has 0 heterocycles. The topological polar surface area (TPSA) is 122 Å². The second kappa shape index (κ2) is 9.44. The van der Waals surface area contributed by atoms with Crippen molar-refractivity contribution in [3.63, 3.8) is 0 Å². The minimum atomic E-state index is -1.09. The first-order chi connectivity index (χ1) is 9.33. The van der Waals surface area contributed by atoms with Crippen LogP contribution in [0.1, 0.15) is 27.2 Å². The van der Waals surface area contributed by atoms with Crippen LogP contribution in [0.2, 0.25) is 0 Å². The summed E-state index contributed by atoms with van der Waals surface area (Å²) in [6.07, 6.45) is 1.36. The summed E-state index contributed by atoms with van der Waals surface area (Å²) < 4.78 is 0. The van der Waals surface area contributed by atoms with Crippen LogP contribution in [0, 0.1) is 11.8 Å². The zero-order valence-corrected chi connectivity index (χ0v) is 12.3. The highest BCUT2D eigenvalue weighted by molar-refractivity contribution is 5.86. The van der Waals surface area contributed by atoms with Gasteiger partial charge in [0, 0.05) is 12.5 Å². The molecule has 0 aromatic heterocycles. The lowest BCUT2D eigenvalue weighted by Gasteiger charge is -2.24. The van der Waals surface area contributed by atoms with E-state index in [0.717, 1.165) is 6.29 Å². The maximum Gasteiger partial charge on any atom is 0.325 e. The molecule has 0 fully saturated rings. The summed E-state index contributed by atoms with van der Waals surface area (Å²) in [4.78, 5) is 33.6. The largest absolute Gasteiger partial charge is 0.480 e. The molecule has 20 heavy (non-hydrogen) atoms. The molecule has 3 atom stereocenters. The number of carboxylic acids is 1. The average Bonchev–Trinajstić information content (AvgIpc) is 2.36. The Morgan fingerprint density at radius 1 is 1.30 bits per heavy atom. The molecule has 0 aliphatic heterocycles. The second-order valence-corrected chi connectivity index (χ2v) is 5.17. The molecule has 0 bridgehead atoms. The number of carbonyl (C=O) groups is 3. The van der Waals surface area contributed by atoms with Gasteiger partial charge in [-0.2, -0.15) is 0 Å². The molecule has 7 heteroatoms. The van der Waals surface area contributed by atoms with Crippen LogP contribution < -0.4 is 16.4 Å². The van der Waals surface area contributed by atoms with Crippen molar-refractivity contribution >= 4 is 18.2 Å². The Balaban J connectivity index is 4.52. The van der Waals surface area contributed by atoms with Gasteiger partial charge in [-0.05, 0) is 25.8 Å². The fraction of sp³-hybridized carbons (Fsp3) is 0.769.